The van der Waals surface area contributed by atoms with Crippen LogP contribution in [0.2, 0.25) is 0 Å². The van der Waals surface area contributed by atoms with Crippen molar-refractivity contribution in [2.75, 3.05) is 19.3 Å². The summed E-state index contributed by atoms with van der Waals surface area (Å²) in [5.41, 5.74) is 1.17. The van der Waals surface area contributed by atoms with Gasteiger partial charge in [-0.3, -0.25) is 4.79 Å². The number of hydrogen-bond acceptors (Lipinski definition) is 3. The van der Waals surface area contributed by atoms with Crippen molar-refractivity contribution < 1.29 is 13.2 Å². The molecule has 1 heterocycles. The summed E-state index contributed by atoms with van der Waals surface area (Å²) < 4.78 is 22.8. The molecule has 1 aliphatic rings. The zero-order valence-electron chi connectivity index (χ0n) is 12.0. The molecule has 1 aliphatic heterocycles. The highest BCUT2D eigenvalue weighted by molar-refractivity contribution is 7.90. The Morgan fingerprint density at radius 1 is 1.20 bits per heavy atom. The van der Waals surface area contributed by atoms with Crippen molar-refractivity contribution in [2.45, 2.75) is 31.1 Å². The minimum atomic E-state index is -3.11. The van der Waals surface area contributed by atoms with Gasteiger partial charge in [0.15, 0.2) is 9.84 Å². The lowest BCUT2D eigenvalue weighted by Gasteiger charge is -2.31. The van der Waals surface area contributed by atoms with Crippen LogP contribution in [0, 0.1) is 5.92 Å². The zero-order chi connectivity index (χ0) is 14.8. The fourth-order valence-electron chi connectivity index (χ4n) is 2.66. The standard InChI is InChI=1S/C15H21NO3S/c1-12(17)16-9-7-14(8-10-16)11-13-3-5-15(6-4-13)20(2,18)19/h3-6,14H,7-11H2,1-2H3. The number of sulfone groups is 1. The van der Waals surface area contributed by atoms with Crippen LogP contribution in [0.25, 0.3) is 0 Å². The maximum absolute atomic E-state index is 11.4. The molecule has 0 spiro atoms. The van der Waals surface area contributed by atoms with Crippen molar-refractivity contribution in [3.8, 4) is 0 Å². The van der Waals surface area contributed by atoms with Crippen molar-refractivity contribution in [3.63, 3.8) is 0 Å². The molecule has 1 aromatic carbocycles. The first-order valence-electron chi connectivity index (χ1n) is 6.91. The number of nitrogens with zero attached hydrogens (tertiary/aromatic N) is 1. The highest BCUT2D eigenvalue weighted by Gasteiger charge is 2.20. The van der Waals surface area contributed by atoms with Gasteiger partial charge >= 0.3 is 0 Å². The summed E-state index contributed by atoms with van der Waals surface area (Å²) in [5, 5.41) is 0. The summed E-state index contributed by atoms with van der Waals surface area (Å²) in [4.78, 5) is 13.5. The number of amides is 1. The van der Waals surface area contributed by atoms with E-state index >= 15 is 0 Å². The van der Waals surface area contributed by atoms with Crippen molar-refractivity contribution in [2.24, 2.45) is 5.92 Å². The van der Waals surface area contributed by atoms with Gasteiger partial charge in [0.05, 0.1) is 4.90 Å². The van der Waals surface area contributed by atoms with Crippen molar-refractivity contribution in [1.29, 1.82) is 0 Å². The summed E-state index contributed by atoms with van der Waals surface area (Å²) in [6.45, 7) is 3.28. The number of carbonyl (C=O) groups excluding carboxylic acids is 1. The normalized spacial score (nSPS) is 17.2. The summed E-state index contributed by atoms with van der Waals surface area (Å²) in [6.07, 6.45) is 4.22. The smallest absolute Gasteiger partial charge is 0.219 e. The average molecular weight is 295 g/mol. The van der Waals surface area contributed by atoms with Crippen LogP contribution in [0.3, 0.4) is 0 Å². The summed E-state index contributed by atoms with van der Waals surface area (Å²) >= 11 is 0. The molecule has 1 saturated heterocycles. The minimum Gasteiger partial charge on any atom is -0.343 e. The van der Waals surface area contributed by atoms with Crippen LogP contribution in [0.15, 0.2) is 29.2 Å². The van der Waals surface area contributed by atoms with E-state index in [0.717, 1.165) is 32.4 Å². The average Bonchev–Trinajstić information content (AvgIpc) is 2.39. The molecule has 0 unspecified atom stereocenters. The van der Waals surface area contributed by atoms with Crippen LogP contribution in [0.1, 0.15) is 25.3 Å². The SMILES string of the molecule is CC(=O)N1CCC(Cc2ccc(S(C)(=O)=O)cc2)CC1. The molecule has 1 aromatic rings. The van der Waals surface area contributed by atoms with E-state index in [2.05, 4.69) is 0 Å². The van der Waals surface area contributed by atoms with E-state index in [1.807, 2.05) is 17.0 Å². The molecule has 20 heavy (non-hydrogen) atoms. The van der Waals surface area contributed by atoms with Gasteiger partial charge in [-0.2, -0.15) is 0 Å². The molecule has 110 valence electrons. The lowest BCUT2D eigenvalue weighted by atomic mass is 9.90. The Labute approximate surface area is 120 Å². The maximum atomic E-state index is 11.4. The van der Waals surface area contributed by atoms with Gasteiger partial charge < -0.3 is 4.90 Å². The molecule has 0 aliphatic carbocycles. The molecular weight excluding hydrogens is 274 g/mol. The van der Waals surface area contributed by atoms with Crippen LogP contribution in [0.5, 0.6) is 0 Å². The number of rotatable bonds is 3. The van der Waals surface area contributed by atoms with E-state index in [1.165, 1.54) is 11.8 Å². The molecule has 2 rings (SSSR count). The van der Waals surface area contributed by atoms with Gasteiger partial charge in [0.25, 0.3) is 0 Å². The Bertz CT molecular complexity index is 570. The van der Waals surface area contributed by atoms with Crippen LogP contribution in [-0.2, 0) is 21.1 Å². The molecule has 4 nitrogen and oxygen atoms in total. The Balaban J connectivity index is 1.93. The number of benzene rings is 1. The largest absolute Gasteiger partial charge is 0.343 e. The van der Waals surface area contributed by atoms with Gasteiger partial charge in [-0.15, -0.1) is 0 Å². The second kappa shape index (κ2) is 5.95. The molecule has 0 bridgehead atoms. The number of hydrogen-bond donors (Lipinski definition) is 0. The van der Waals surface area contributed by atoms with Gasteiger partial charge in [0.2, 0.25) is 5.91 Å². The lowest BCUT2D eigenvalue weighted by molar-refractivity contribution is -0.130. The molecule has 5 heteroatoms. The van der Waals surface area contributed by atoms with Gasteiger partial charge in [0.1, 0.15) is 0 Å². The molecule has 1 amide bonds. The highest BCUT2D eigenvalue weighted by Crippen LogP contribution is 2.22. The van der Waals surface area contributed by atoms with E-state index in [0.29, 0.717) is 10.8 Å². The quantitative estimate of drug-likeness (QED) is 0.855. The summed E-state index contributed by atoms with van der Waals surface area (Å²) in [7, 11) is -3.11. The highest BCUT2D eigenvalue weighted by atomic mass is 32.2. The van der Waals surface area contributed by atoms with Crippen molar-refractivity contribution in [1.82, 2.24) is 4.90 Å². The first-order chi connectivity index (χ1) is 9.36. The Hall–Kier alpha value is -1.36. The topological polar surface area (TPSA) is 54.5 Å². The Morgan fingerprint density at radius 2 is 1.75 bits per heavy atom. The molecular formula is C15H21NO3S. The van der Waals surface area contributed by atoms with E-state index in [-0.39, 0.29) is 5.91 Å². The van der Waals surface area contributed by atoms with Gasteiger partial charge in [-0.25, -0.2) is 8.42 Å². The first kappa shape index (κ1) is 15.0. The molecule has 0 atom stereocenters. The minimum absolute atomic E-state index is 0.154. The van der Waals surface area contributed by atoms with E-state index in [1.54, 1.807) is 19.1 Å². The molecule has 0 N–H and O–H groups in total. The number of piperidine rings is 1. The predicted octanol–water partition coefficient (Wildman–Crippen LogP) is 1.89. The van der Waals surface area contributed by atoms with E-state index in [4.69, 9.17) is 0 Å². The van der Waals surface area contributed by atoms with Crippen LogP contribution >= 0.6 is 0 Å². The summed E-state index contributed by atoms with van der Waals surface area (Å²) in [6, 6.07) is 7.15. The monoisotopic (exact) mass is 295 g/mol. The van der Waals surface area contributed by atoms with Crippen LogP contribution < -0.4 is 0 Å². The molecule has 0 saturated carbocycles. The second-order valence-corrected chi connectivity index (χ2v) is 7.59. The lowest BCUT2D eigenvalue weighted by Crippen LogP contribution is -2.37. The number of likely N-dealkylation sites (tertiary alicyclic amines) is 1. The van der Waals surface area contributed by atoms with E-state index < -0.39 is 9.84 Å². The van der Waals surface area contributed by atoms with Gasteiger partial charge in [0, 0.05) is 26.3 Å². The van der Waals surface area contributed by atoms with E-state index in [9.17, 15) is 13.2 Å². The van der Waals surface area contributed by atoms with Crippen molar-refractivity contribution in [3.05, 3.63) is 29.8 Å². The fourth-order valence-corrected chi connectivity index (χ4v) is 3.29. The predicted molar refractivity (Wildman–Crippen MR) is 78.2 cm³/mol. The first-order valence-corrected chi connectivity index (χ1v) is 8.80. The molecule has 0 aromatic heterocycles. The third-order valence-electron chi connectivity index (χ3n) is 3.94. The molecule has 1 fully saturated rings. The third-order valence-corrected chi connectivity index (χ3v) is 5.06. The van der Waals surface area contributed by atoms with Gasteiger partial charge in [-0.1, -0.05) is 12.1 Å². The maximum Gasteiger partial charge on any atom is 0.219 e. The van der Waals surface area contributed by atoms with Gasteiger partial charge in [-0.05, 0) is 42.9 Å². The fraction of sp³-hybridized carbons (Fsp3) is 0.533. The second-order valence-electron chi connectivity index (χ2n) is 5.57. The Kier molecular flexibility index (Phi) is 4.48. The molecule has 0 radical (unpaired) electrons. The third kappa shape index (κ3) is 3.82. The Morgan fingerprint density at radius 3 is 2.20 bits per heavy atom. The number of carbonyl (C=O) groups is 1. The van der Waals surface area contributed by atoms with Crippen LogP contribution in [-0.4, -0.2) is 38.6 Å². The summed E-state index contributed by atoms with van der Waals surface area (Å²) in [5.74, 6) is 0.732. The zero-order valence-corrected chi connectivity index (χ0v) is 12.8. The van der Waals surface area contributed by atoms with Crippen molar-refractivity contribution >= 4 is 15.7 Å². The van der Waals surface area contributed by atoms with Crippen LogP contribution in [0.4, 0.5) is 0 Å².